The minimum Gasteiger partial charge on any atom is -0.508 e. The number of para-hydroxylation sites is 1. The van der Waals surface area contributed by atoms with Crippen LogP contribution in [0.4, 0.5) is 0 Å². The number of ketones is 1. The van der Waals surface area contributed by atoms with Crippen LogP contribution in [0.15, 0.2) is 52.9 Å². The predicted molar refractivity (Wildman–Crippen MR) is 77.1 cm³/mol. The molecule has 0 unspecified atom stereocenters. The summed E-state index contributed by atoms with van der Waals surface area (Å²) in [6, 6.07) is 14.2. The molecule has 3 nitrogen and oxygen atoms in total. The summed E-state index contributed by atoms with van der Waals surface area (Å²) < 4.78 is 5.59. The average Bonchev–Trinajstić information content (AvgIpc) is 2.90. The zero-order chi connectivity index (χ0) is 14.1. The number of furan rings is 1. The molecule has 0 fully saturated rings. The second-order valence-electron chi connectivity index (χ2n) is 4.63. The molecule has 100 valence electrons. The number of fused-ring (bicyclic) bond motifs is 1. The lowest BCUT2D eigenvalue weighted by atomic mass is 9.99. The van der Waals surface area contributed by atoms with Gasteiger partial charge in [-0.05, 0) is 24.6 Å². The zero-order valence-corrected chi connectivity index (χ0v) is 11.1. The van der Waals surface area contributed by atoms with Gasteiger partial charge in [-0.3, -0.25) is 4.79 Å². The molecule has 0 radical (unpaired) electrons. The van der Waals surface area contributed by atoms with Crippen LogP contribution in [0.3, 0.4) is 0 Å². The van der Waals surface area contributed by atoms with Crippen LogP contribution < -0.4 is 0 Å². The summed E-state index contributed by atoms with van der Waals surface area (Å²) in [5, 5.41) is 10.7. The van der Waals surface area contributed by atoms with E-state index >= 15 is 0 Å². The summed E-state index contributed by atoms with van der Waals surface area (Å²) >= 11 is 0. The van der Waals surface area contributed by atoms with Gasteiger partial charge >= 0.3 is 0 Å². The number of rotatable bonds is 3. The molecule has 0 aliphatic heterocycles. The van der Waals surface area contributed by atoms with Crippen molar-refractivity contribution in [3.8, 4) is 5.75 Å². The van der Waals surface area contributed by atoms with E-state index in [1.807, 2.05) is 31.2 Å². The lowest BCUT2D eigenvalue weighted by Crippen LogP contribution is -2.04. The van der Waals surface area contributed by atoms with Crippen molar-refractivity contribution in [2.45, 2.75) is 13.3 Å². The molecule has 0 atom stereocenters. The van der Waals surface area contributed by atoms with Crippen molar-refractivity contribution in [2.24, 2.45) is 0 Å². The monoisotopic (exact) mass is 266 g/mol. The summed E-state index contributed by atoms with van der Waals surface area (Å²) in [4.78, 5) is 12.5. The number of phenolic OH excluding ortho intramolecular Hbond substituents is 1. The van der Waals surface area contributed by atoms with Crippen molar-refractivity contribution in [1.29, 1.82) is 0 Å². The topological polar surface area (TPSA) is 50.4 Å². The first kappa shape index (κ1) is 12.5. The molecule has 3 rings (SSSR count). The lowest BCUT2D eigenvalue weighted by Gasteiger charge is -2.07. The highest BCUT2D eigenvalue weighted by molar-refractivity contribution is 6.10. The summed E-state index contributed by atoms with van der Waals surface area (Å²) in [7, 11) is 0. The number of benzene rings is 2. The number of aromatic hydroxyl groups is 1. The molecule has 1 heterocycles. The van der Waals surface area contributed by atoms with E-state index in [1.165, 1.54) is 0 Å². The highest BCUT2D eigenvalue weighted by Crippen LogP contribution is 2.26. The number of carbonyl (C=O) groups is 1. The van der Waals surface area contributed by atoms with Crippen molar-refractivity contribution in [2.75, 3.05) is 0 Å². The Hall–Kier alpha value is -2.55. The average molecular weight is 266 g/mol. The fourth-order valence-electron chi connectivity index (χ4n) is 2.39. The molecule has 0 saturated carbocycles. The van der Waals surface area contributed by atoms with Crippen LogP contribution in [0.2, 0.25) is 0 Å². The van der Waals surface area contributed by atoms with Gasteiger partial charge in [0.05, 0.1) is 0 Å². The SMILES string of the molecule is CCc1c(O)cccc1C(=O)c1cc2ccccc2o1. The van der Waals surface area contributed by atoms with E-state index in [2.05, 4.69) is 0 Å². The summed E-state index contributed by atoms with van der Waals surface area (Å²) in [5.41, 5.74) is 1.83. The van der Waals surface area contributed by atoms with Gasteiger partial charge in [-0.2, -0.15) is 0 Å². The first-order valence-corrected chi connectivity index (χ1v) is 6.55. The van der Waals surface area contributed by atoms with Gasteiger partial charge in [-0.1, -0.05) is 37.3 Å². The van der Waals surface area contributed by atoms with Gasteiger partial charge in [-0.25, -0.2) is 0 Å². The second-order valence-corrected chi connectivity index (χ2v) is 4.63. The fourth-order valence-corrected chi connectivity index (χ4v) is 2.39. The maximum absolute atomic E-state index is 12.5. The van der Waals surface area contributed by atoms with E-state index in [1.54, 1.807) is 24.3 Å². The van der Waals surface area contributed by atoms with Crippen molar-refractivity contribution in [3.05, 3.63) is 65.4 Å². The molecule has 0 amide bonds. The van der Waals surface area contributed by atoms with Crippen LogP contribution >= 0.6 is 0 Å². The van der Waals surface area contributed by atoms with Crippen LogP contribution in [-0.4, -0.2) is 10.9 Å². The highest BCUT2D eigenvalue weighted by atomic mass is 16.3. The van der Waals surface area contributed by atoms with E-state index in [9.17, 15) is 9.90 Å². The third-order valence-corrected chi connectivity index (χ3v) is 3.40. The van der Waals surface area contributed by atoms with Crippen molar-refractivity contribution >= 4 is 16.8 Å². The highest BCUT2D eigenvalue weighted by Gasteiger charge is 2.18. The Morgan fingerprint density at radius 2 is 1.95 bits per heavy atom. The minimum absolute atomic E-state index is 0.148. The third kappa shape index (κ3) is 1.97. The normalized spacial score (nSPS) is 10.8. The Morgan fingerprint density at radius 1 is 1.15 bits per heavy atom. The van der Waals surface area contributed by atoms with Crippen LogP contribution in [0.25, 0.3) is 11.0 Å². The molecule has 1 N–H and O–H groups in total. The van der Waals surface area contributed by atoms with Crippen molar-refractivity contribution in [1.82, 2.24) is 0 Å². The Labute approximate surface area is 116 Å². The first-order valence-electron chi connectivity index (χ1n) is 6.55. The Kier molecular flexibility index (Phi) is 3.03. The third-order valence-electron chi connectivity index (χ3n) is 3.40. The summed E-state index contributed by atoms with van der Waals surface area (Å²) in [6.07, 6.45) is 0.591. The van der Waals surface area contributed by atoms with E-state index < -0.39 is 0 Å². The quantitative estimate of drug-likeness (QED) is 0.731. The second kappa shape index (κ2) is 4.85. The smallest absolute Gasteiger partial charge is 0.228 e. The number of carbonyl (C=O) groups excluding carboxylic acids is 1. The van der Waals surface area contributed by atoms with Gasteiger partial charge in [0.15, 0.2) is 5.76 Å². The van der Waals surface area contributed by atoms with Crippen molar-refractivity contribution in [3.63, 3.8) is 0 Å². The van der Waals surface area contributed by atoms with Crippen LogP contribution in [0, 0.1) is 0 Å². The largest absolute Gasteiger partial charge is 0.508 e. The standard InChI is InChI=1S/C17H14O3/c1-2-12-13(7-5-8-14(12)18)17(19)16-10-11-6-3-4-9-15(11)20-16/h3-10,18H,2H2,1H3. The number of phenols is 1. The Bertz CT molecular complexity index is 751. The molecule has 0 spiro atoms. The van der Waals surface area contributed by atoms with Crippen LogP contribution in [-0.2, 0) is 6.42 Å². The molecule has 3 aromatic rings. The molecular weight excluding hydrogens is 252 g/mol. The van der Waals surface area contributed by atoms with E-state index in [-0.39, 0.29) is 11.5 Å². The zero-order valence-electron chi connectivity index (χ0n) is 11.1. The first-order chi connectivity index (χ1) is 9.70. The molecular formula is C17H14O3. The molecule has 0 saturated heterocycles. The van der Waals surface area contributed by atoms with E-state index in [0.717, 1.165) is 5.39 Å². The fraction of sp³-hybridized carbons (Fsp3) is 0.118. The number of hydrogen-bond acceptors (Lipinski definition) is 3. The van der Waals surface area contributed by atoms with Gasteiger partial charge in [-0.15, -0.1) is 0 Å². The molecule has 0 bridgehead atoms. The van der Waals surface area contributed by atoms with Gasteiger partial charge < -0.3 is 9.52 Å². The minimum atomic E-state index is -0.200. The molecule has 0 aliphatic carbocycles. The van der Waals surface area contributed by atoms with Gasteiger partial charge in [0.2, 0.25) is 5.78 Å². The van der Waals surface area contributed by atoms with Gasteiger partial charge in [0, 0.05) is 16.5 Å². The van der Waals surface area contributed by atoms with Crippen LogP contribution in [0.5, 0.6) is 5.75 Å². The Balaban J connectivity index is 2.10. The molecule has 1 aromatic heterocycles. The maximum atomic E-state index is 12.5. The summed E-state index contributed by atoms with van der Waals surface area (Å²) in [5.74, 6) is 0.245. The molecule has 2 aromatic carbocycles. The van der Waals surface area contributed by atoms with Crippen molar-refractivity contribution < 1.29 is 14.3 Å². The molecule has 0 aliphatic rings. The lowest BCUT2D eigenvalue weighted by molar-refractivity contribution is 0.101. The summed E-state index contributed by atoms with van der Waals surface area (Å²) in [6.45, 7) is 1.91. The van der Waals surface area contributed by atoms with Gasteiger partial charge in [0.25, 0.3) is 0 Å². The van der Waals surface area contributed by atoms with E-state index in [4.69, 9.17) is 4.42 Å². The van der Waals surface area contributed by atoms with Gasteiger partial charge in [0.1, 0.15) is 11.3 Å². The predicted octanol–water partition coefficient (Wildman–Crippen LogP) is 3.93. The Morgan fingerprint density at radius 3 is 2.70 bits per heavy atom. The molecule has 3 heteroatoms. The van der Waals surface area contributed by atoms with Crippen LogP contribution in [0.1, 0.15) is 28.6 Å². The molecule has 20 heavy (non-hydrogen) atoms. The number of hydrogen-bond donors (Lipinski definition) is 1. The maximum Gasteiger partial charge on any atom is 0.228 e. The van der Waals surface area contributed by atoms with E-state index in [0.29, 0.717) is 28.9 Å².